The second-order valence-corrected chi connectivity index (χ2v) is 3.20. The number of hydrogen-bond acceptors (Lipinski definition) is 4. The predicted octanol–water partition coefficient (Wildman–Crippen LogP) is 1.34. The molecular weight excluding hydrogens is 208 g/mol. The van der Waals surface area contributed by atoms with Gasteiger partial charge in [0.2, 0.25) is 5.78 Å². The van der Waals surface area contributed by atoms with Crippen molar-refractivity contribution in [1.82, 2.24) is 0 Å². The Hall–Kier alpha value is -1.68. The maximum absolute atomic E-state index is 11.0. The van der Waals surface area contributed by atoms with E-state index in [-0.39, 0.29) is 13.0 Å². The zero-order valence-corrected chi connectivity index (χ0v) is 9.14. The van der Waals surface area contributed by atoms with Gasteiger partial charge in [-0.25, -0.2) is 4.79 Å². The van der Waals surface area contributed by atoms with Crippen molar-refractivity contribution in [2.45, 2.75) is 13.0 Å². The van der Waals surface area contributed by atoms with Gasteiger partial charge in [0.25, 0.3) is 0 Å². The van der Waals surface area contributed by atoms with E-state index in [4.69, 9.17) is 4.74 Å². The van der Waals surface area contributed by atoms with Crippen LogP contribution < -0.4 is 0 Å². The van der Waals surface area contributed by atoms with Gasteiger partial charge in [-0.3, -0.25) is 4.79 Å². The van der Waals surface area contributed by atoms with Crippen LogP contribution in [0.4, 0.5) is 0 Å². The summed E-state index contributed by atoms with van der Waals surface area (Å²) in [5.74, 6) is -1.38. The molecule has 0 atom stereocenters. The normalized spacial score (nSPS) is 9.81. The Kier molecular flexibility index (Phi) is 5.22. The van der Waals surface area contributed by atoms with Gasteiger partial charge in [0.05, 0.1) is 20.3 Å². The van der Waals surface area contributed by atoms with Gasteiger partial charge in [-0.1, -0.05) is 30.3 Å². The van der Waals surface area contributed by atoms with Gasteiger partial charge in [-0.2, -0.15) is 0 Å². The first-order valence-corrected chi connectivity index (χ1v) is 4.97. The van der Waals surface area contributed by atoms with Crippen molar-refractivity contribution in [3.8, 4) is 0 Å². The van der Waals surface area contributed by atoms with Gasteiger partial charge in [-0.15, -0.1) is 0 Å². The van der Waals surface area contributed by atoms with E-state index >= 15 is 0 Å². The number of ketones is 1. The summed E-state index contributed by atoms with van der Waals surface area (Å²) >= 11 is 0. The van der Waals surface area contributed by atoms with Crippen molar-refractivity contribution in [3.05, 3.63) is 35.9 Å². The predicted molar refractivity (Wildman–Crippen MR) is 57.7 cm³/mol. The summed E-state index contributed by atoms with van der Waals surface area (Å²) in [7, 11) is 1.19. The Labute approximate surface area is 94.2 Å². The fraction of sp³-hybridized carbons (Fsp3) is 0.333. The summed E-state index contributed by atoms with van der Waals surface area (Å²) in [4.78, 5) is 21.8. The van der Waals surface area contributed by atoms with Crippen LogP contribution in [0.2, 0.25) is 0 Å². The van der Waals surface area contributed by atoms with Crippen LogP contribution in [0.1, 0.15) is 12.0 Å². The molecule has 0 aliphatic heterocycles. The number of hydrogen-bond donors (Lipinski definition) is 0. The zero-order chi connectivity index (χ0) is 11.8. The molecule has 0 radical (unpaired) electrons. The highest BCUT2D eigenvalue weighted by molar-refractivity contribution is 6.33. The first kappa shape index (κ1) is 12.4. The third-order valence-corrected chi connectivity index (χ3v) is 2.00. The molecule has 1 rings (SSSR count). The van der Waals surface area contributed by atoms with Gasteiger partial charge in [0, 0.05) is 6.42 Å². The van der Waals surface area contributed by atoms with E-state index < -0.39 is 11.8 Å². The Bertz CT molecular complexity index is 345. The molecule has 0 aliphatic rings. The molecule has 0 amide bonds. The molecule has 1 aromatic carbocycles. The summed E-state index contributed by atoms with van der Waals surface area (Å²) in [5.41, 5.74) is 1.04. The minimum atomic E-state index is -0.816. The molecule has 0 aliphatic carbocycles. The van der Waals surface area contributed by atoms with E-state index in [9.17, 15) is 9.59 Å². The molecule has 0 N–H and O–H groups in total. The largest absolute Gasteiger partial charge is 0.463 e. The summed E-state index contributed by atoms with van der Waals surface area (Å²) < 4.78 is 9.54. The van der Waals surface area contributed by atoms with E-state index in [1.54, 1.807) is 0 Å². The quantitative estimate of drug-likeness (QED) is 0.414. The van der Waals surface area contributed by atoms with Crippen molar-refractivity contribution in [2.75, 3.05) is 13.7 Å². The Morgan fingerprint density at radius 1 is 1.19 bits per heavy atom. The highest BCUT2D eigenvalue weighted by Crippen LogP contribution is 2.01. The van der Waals surface area contributed by atoms with Crippen molar-refractivity contribution in [3.63, 3.8) is 0 Å². The molecule has 0 saturated heterocycles. The number of methoxy groups -OCH3 is 1. The van der Waals surface area contributed by atoms with E-state index in [0.29, 0.717) is 6.61 Å². The number of esters is 1. The molecule has 0 unspecified atom stereocenters. The van der Waals surface area contributed by atoms with Gasteiger partial charge < -0.3 is 9.47 Å². The van der Waals surface area contributed by atoms with Gasteiger partial charge in [0.15, 0.2) is 0 Å². The number of ether oxygens (including phenoxy) is 2. The molecule has 0 heterocycles. The van der Waals surface area contributed by atoms with Crippen molar-refractivity contribution < 1.29 is 19.1 Å². The van der Waals surface area contributed by atoms with Gasteiger partial charge in [-0.05, 0) is 5.56 Å². The summed E-state index contributed by atoms with van der Waals surface area (Å²) in [6, 6.07) is 9.62. The van der Waals surface area contributed by atoms with Crippen LogP contribution in [0.3, 0.4) is 0 Å². The second-order valence-electron chi connectivity index (χ2n) is 3.20. The Morgan fingerprint density at radius 2 is 1.88 bits per heavy atom. The molecule has 0 saturated carbocycles. The molecule has 1 aromatic rings. The molecule has 0 fully saturated rings. The number of carbonyl (C=O) groups excluding carboxylic acids is 2. The van der Waals surface area contributed by atoms with Crippen molar-refractivity contribution >= 4 is 11.8 Å². The third-order valence-electron chi connectivity index (χ3n) is 2.00. The van der Waals surface area contributed by atoms with Crippen LogP contribution in [-0.4, -0.2) is 25.5 Å². The Morgan fingerprint density at radius 3 is 2.50 bits per heavy atom. The summed E-state index contributed by atoms with van der Waals surface area (Å²) in [6.45, 7) is 0.665. The topological polar surface area (TPSA) is 52.6 Å². The van der Waals surface area contributed by atoms with Crippen LogP contribution in [0, 0.1) is 0 Å². The van der Waals surface area contributed by atoms with E-state index in [1.807, 2.05) is 30.3 Å². The van der Waals surface area contributed by atoms with Crippen LogP contribution in [-0.2, 0) is 25.7 Å². The van der Waals surface area contributed by atoms with Crippen molar-refractivity contribution in [2.24, 2.45) is 0 Å². The van der Waals surface area contributed by atoms with Crippen LogP contribution in [0.15, 0.2) is 30.3 Å². The SMILES string of the molecule is COC(=O)C(=O)CCOCc1ccccc1. The third kappa shape index (κ3) is 4.23. The highest BCUT2D eigenvalue weighted by Gasteiger charge is 2.12. The van der Waals surface area contributed by atoms with E-state index in [1.165, 1.54) is 7.11 Å². The standard InChI is InChI=1S/C12H14O4/c1-15-12(14)11(13)7-8-16-9-10-5-3-2-4-6-10/h2-6H,7-9H2,1H3. The number of Topliss-reactive ketones (excluding diaryl/α,β-unsaturated/α-hetero) is 1. The number of rotatable bonds is 6. The second kappa shape index (κ2) is 6.74. The lowest BCUT2D eigenvalue weighted by Gasteiger charge is -2.03. The lowest BCUT2D eigenvalue weighted by Crippen LogP contribution is -2.17. The first-order chi connectivity index (χ1) is 7.74. The molecule has 4 heteroatoms. The fourth-order valence-electron chi connectivity index (χ4n) is 1.15. The first-order valence-electron chi connectivity index (χ1n) is 4.97. The molecular formula is C12H14O4. The maximum Gasteiger partial charge on any atom is 0.374 e. The summed E-state index contributed by atoms with van der Waals surface area (Å²) in [5, 5.41) is 0. The molecule has 0 spiro atoms. The number of benzene rings is 1. The number of carbonyl (C=O) groups is 2. The fourth-order valence-corrected chi connectivity index (χ4v) is 1.15. The molecule has 4 nitrogen and oxygen atoms in total. The minimum Gasteiger partial charge on any atom is -0.463 e. The monoisotopic (exact) mass is 222 g/mol. The van der Waals surface area contributed by atoms with E-state index in [0.717, 1.165) is 5.56 Å². The molecule has 16 heavy (non-hydrogen) atoms. The lowest BCUT2D eigenvalue weighted by molar-refractivity contribution is -0.152. The van der Waals surface area contributed by atoms with Gasteiger partial charge in [0.1, 0.15) is 0 Å². The summed E-state index contributed by atoms with van der Waals surface area (Å²) in [6.07, 6.45) is 0.0551. The van der Waals surface area contributed by atoms with E-state index in [2.05, 4.69) is 4.74 Å². The average Bonchev–Trinajstić information content (AvgIpc) is 2.34. The van der Waals surface area contributed by atoms with Crippen LogP contribution in [0.25, 0.3) is 0 Å². The van der Waals surface area contributed by atoms with Gasteiger partial charge >= 0.3 is 5.97 Å². The Balaban J connectivity index is 2.17. The van der Waals surface area contributed by atoms with Crippen LogP contribution >= 0.6 is 0 Å². The smallest absolute Gasteiger partial charge is 0.374 e. The zero-order valence-electron chi connectivity index (χ0n) is 9.14. The highest BCUT2D eigenvalue weighted by atomic mass is 16.5. The van der Waals surface area contributed by atoms with Crippen LogP contribution in [0.5, 0.6) is 0 Å². The molecule has 0 aromatic heterocycles. The lowest BCUT2D eigenvalue weighted by atomic mass is 10.2. The molecule has 86 valence electrons. The molecule has 0 bridgehead atoms. The minimum absolute atomic E-state index is 0.0551. The average molecular weight is 222 g/mol. The van der Waals surface area contributed by atoms with Crippen molar-refractivity contribution in [1.29, 1.82) is 0 Å². The maximum atomic E-state index is 11.0.